The van der Waals surface area contributed by atoms with Crippen LogP contribution in [0.1, 0.15) is 30.5 Å². The van der Waals surface area contributed by atoms with E-state index in [9.17, 15) is 18.0 Å². The number of hydrogen-bond acceptors (Lipinski definition) is 4. The number of carbonyl (C=O) groups excluding carboxylic acids is 2. The van der Waals surface area contributed by atoms with Crippen molar-refractivity contribution in [2.45, 2.75) is 45.8 Å². The maximum absolute atomic E-state index is 14.0. The van der Waals surface area contributed by atoms with Crippen LogP contribution in [0.2, 0.25) is 5.02 Å². The Labute approximate surface area is 230 Å². The van der Waals surface area contributed by atoms with Gasteiger partial charge in [0, 0.05) is 19.0 Å². The molecule has 0 fully saturated rings. The molecule has 0 saturated heterocycles. The van der Waals surface area contributed by atoms with Crippen LogP contribution in [0.3, 0.4) is 0 Å². The minimum absolute atomic E-state index is 0.129. The lowest BCUT2D eigenvalue weighted by atomic mass is 10.0. The highest BCUT2D eigenvalue weighted by Crippen LogP contribution is 2.27. The molecule has 1 N–H and O–H groups in total. The second kappa shape index (κ2) is 12.9. The topological polar surface area (TPSA) is 86.8 Å². The van der Waals surface area contributed by atoms with Crippen molar-refractivity contribution >= 4 is 39.1 Å². The summed E-state index contributed by atoms with van der Waals surface area (Å²) in [5.74, 6) is -0.829. The summed E-state index contributed by atoms with van der Waals surface area (Å²) in [5.41, 5.74) is 2.92. The SMILES string of the molecule is Cc1cccc(CN(C(=O)CN(c2ccccc2Cl)S(C)(=O)=O)[C@@H](Cc2ccccc2)C(=O)NC(C)C)c1. The average Bonchev–Trinajstić information content (AvgIpc) is 2.84. The summed E-state index contributed by atoms with van der Waals surface area (Å²) in [6, 6.07) is 22.5. The molecule has 2 amide bonds. The number of nitrogens with zero attached hydrogens (tertiary/aromatic N) is 2. The van der Waals surface area contributed by atoms with Gasteiger partial charge in [0.15, 0.2) is 0 Å². The summed E-state index contributed by atoms with van der Waals surface area (Å²) in [6.45, 7) is 5.28. The van der Waals surface area contributed by atoms with Crippen LogP contribution < -0.4 is 9.62 Å². The molecular formula is C29H34ClN3O4S. The van der Waals surface area contributed by atoms with Crippen LogP contribution >= 0.6 is 11.6 Å². The van der Waals surface area contributed by atoms with Gasteiger partial charge in [0.25, 0.3) is 0 Å². The molecule has 0 spiro atoms. The predicted molar refractivity (Wildman–Crippen MR) is 153 cm³/mol. The number of halogens is 1. The molecule has 7 nitrogen and oxygen atoms in total. The van der Waals surface area contributed by atoms with E-state index in [0.29, 0.717) is 0 Å². The maximum Gasteiger partial charge on any atom is 0.244 e. The number of aryl methyl sites for hydroxylation is 1. The quantitative estimate of drug-likeness (QED) is 0.375. The van der Waals surface area contributed by atoms with Gasteiger partial charge in [0.1, 0.15) is 12.6 Å². The number of hydrogen-bond donors (Lipinski definition) is 1. The van der Waals surface area contributed by atoms with E-state index in [1.165, 1.54) is 4.90 Å². The molecule has 0 aliphatic heterocycles. The van der Waals surface area contributed by atoms with Gasteiger partial charge in [-0.05, 0) is 44.0 Å². The molecule has 0 aliphatic carbocycles. The van der Waals surface area contributed by atoms with Crippen LogP contribution in [0.15, 0.2) is 78.9 Å². The second-order valence-electron chi connectivity index (χ2n) is 9.60. The van der Waals surface area contributed by atoms with Crippen molar-refractivity contribution in [2.75, 3.05) is 17.1 Å². The smallest absolute Gasteiger partial charge is 0.244 e. The molecule has 0 aliphatic rings. The first-order valence-electron chi connectivity index (χ1n) is 12.4. The van der Waals surface area contributed by atoms with Crippen molar-refractivity contribution < 1.29 is 18.0 Å². The minimum Gasteiger partial charge on any atom is -0.352 e. The largest absolute Gasteiger partial charge is 0.352 e. The van der Waals surface area contributed by atoms with Gasteiger partial charge in [0.2, 0.25) is 21.8 Å². The standard InChI is InChI=1S/C29H34ClN3O4S/c1-21(2)31-29(35)27(18-23-12-6-5-7-13-23)32(19-24-14-10-11-22(3)17-24)28(34)20-33(38(4,36)37)26-16-9-8-15-25(26)30/h5-17,21,27H,18-20H2,1-4H3,(H,31,35)/t27-/m0/s1. The Bertz CT molecular complexity index is 1360. The van der Waals surface area contributed by atoms with Gasteiger partial charge >= 0.3 is 0 Å². The average molecular weight is 556 g/mol. The minimum atomic E-state index is -3.87. The van der Waals surface area contributed by atoms with Gasteiger partial charge in [-0.3, -0.25) is 13.9 Å². The van der Waals surface area contributed by atoms with Crippen LogP contribution in [0.25, 0.3) is 0 Å². The van der Waals surface area contributed by atoms with Crippen molar-refractivity contribution in [3.63, 3.8) is 0 Å². The van der Waals surface area contributed by atoms with Crippen LogP contribution in [-0.2, 0) is 32.6 Å². The lowest BCUT2D eigenvalue weighted by Crippen LogP contribution is -2.54. The predicted octanol–water partition coefficient (Wildman–Crippen LogP) is 4.58. The molecule has 3 aromatic carbocycles. The Hall–Kier alpha value is -3.36. The first-order chi connectivity index (χ1) is 18.0. The van der Waals surface area contributed by atoms with E-state index in [4.69, 9.17) is 11.6 Å². The Morgan fingerprint density at radius 3 is 2.16 bits per heavy atom. The number of nitrogens with one attached hydrogen (secondary N) is 1. The lowest BCUT2D eigenvalue weighted by Gasteiger charge is -2.34. The highest BCUT2D eigenvalue weighted by molar-refractivity contribution is 7.92. The third kappa shape index (κ3) is 8.07. The zero-order chi connectivity index (χ0) is 27.9. The van der Waals surface area contributed by atoms with Gasteiger partial charge in [-0.25, -0.2) is 8.42 Å². The Balaban J connectivity index is 2.07. The van der Waals surface area contributed by atoms with E-state index in [-0.39, 0.29) is 35.6 Å². The third-order valence-corrected chi connectivity index (χ3v) is 7.38. The number of amides is 2. The summed E-state index contributed by atoms with van der Waals surface area (Å²) in [4.78, 5) is 29.0. The summed E-state index contributed by atoms with van der Waals surface area (Å²) in [7, 11) is -3.87. The van der Waals surface area contributed by atoms with Gasteiger partial charge in [-0.15, -0.1) is 0 Å². The highest BCUT2D eigenvalue weighted by Gasteiger charge is 2.33. The van der Waals surface area contributed by atoms with Crippen molar-refractivity contribution in [3.05, 3.63) is 101 Å². The lowest BCUT2D eigenvalue weighted by molar-refractivity contribution is -0.140. The summed E-state index contributed by atoms with van der Waals surface area (Å²) in [5, 5.41) is 3.14. The van der Waals surface area contributed by atoms with Gasteiger partial charge in [-0.2, -0.15) is 0 Å². The van der Waals surface area contributed by atoms with Crippen LogP contribution in [0, 0.1) is 6.92 Å². The van der Waals surface area contributed by atoms with E-state index in [1.54, 1.807) is 24.3 Å². The molecule has 38 heavy (non-hydrogen) atoms. The molecule has 0 saturated carbocycles. The Morgan fingerprint density at radius 2 is 1.55 bits per heavy atom. The van der Waals surface area contributed by atoms with Gasteiger partial charge < -0.3 is 10.2 Å². The van der Waals surface area contributed by atoms with Crippen LogP contribution in [-0.4, -0.2) is 50.0 Å². The number of carbonyl (C=O) groups is 2. The van der Waals surface area contributed by atoms with E-state index >= 15 is 0 Å². The Kier molecular flexibility index (Phi) is 9.94. The number of anilines is 1. The first kappa shape index (κ1) is 29.2. The third-order valence-electron chi connectivity index (χ3n) is 5.94. The zero-order valence-corrected chi connectivity index (χ0v) is 23.7. The molecule has 3 rings (SSSR count). The fourth-order valence-electron chi connectivity index (χ4n) is 4.19. The van der Waals surface area contributed by atoms with Crippen LogP contribution in [0.5, 0.6) is 0 Å². The number of rotatable bonds is 11. The maximum atomic E-state index is 14.0. The number of benzene rings is 3. The molecular weight excluding hydrogens is 522 g/mol. The molecule has 3 aromatic rings. The molecule has 0 bridgehead atoms. The van der Waals surface area contributed by atoms with E-state index < -0.39 is 28.5 Å². The van der Waals surface area contributed by atoms with Crippen LogP contribution in [0.4, 0.5) is 5.69 Å². The molecule has 0 unspecified atom stereocenters. The molecule has 0 aromatic heterocycles. The van der Waals surface area contributed by atoms with Crippen molar-refractivity contribution in [1.29, 1.82) is 0 Å². The highest BCUT2D eigenvalue weighted by atomic mass is 35.5. The monoisotopic (exact) mass is 555 g/mol. The van der Waals surface area contributed by atoms with Crippen molar-refractivity contribution in [3.8, 4) is 0 Å². The molecule has 1 atom stereocenters. The normalized spacial score (nSPS) is 12.2. The van der Waals surface area contributed by atoms with E-state index in [2.05, 4.69) is 5.32 Å². The van der Waals surface area contributed by atoms with Gasteiger partial charge in [0.05, 0.1) is 17.0 Å². The summed E-state index contributed by atoms with van der Waals surface area (Å²) < 4.78 is 26.6. The second-order valence-corrected chi connectivity index (χ2v) is 11.9. The molecule has 202 valence electrons. The van der Waals surface area contributed by atoms with Gasteiger partial charge in [-0.1, -0.05) is 83.9 Å². The molecule has 0 heterocycles. The molecule has 9 heteroatoms. The fourth-order valence-corrected chi connectivity index (χ4v) is 5.34. The van der Waals surface area contributed by atoms with Crippen molar-refractivity contribution in [1.82, 2.24) is 10.2 Å². The summed E-state index contributed by atoms with van der Waals surface area (Å²) in [6.07, 6.45) is 1.29. The van der Waals surface area contributed by atoms with Crippen molar-refractivity contribution in [2.24, 2.45) is 0 Å². The number of para-hydroxylation sites is 1. The Morgan fingerprint density at radius 1 is 0.921 bits per heavy atom. The zero-order valence-electron chi connectivity index (χ0n) is 22.1. The number of sulfonamides is 1. The molecule has 0 radical (unpaired) electrons. The van der Waals surface area contributed by atoms with E-state index in [1.807, 2.05) is 75.4 Å². The fraction of sp³-hybridized carbons (Fsp3) is 0.310. The summed E-state index contributed by atoms with van der Waals surface area (Å²) >= 11 is 6.32. The first-order valence-corrected chi connectivity index (χ1v) is 14.6. The van der Waals surface area contributed by atoms with E-state index in [0.717, 1.165) is 27.3 Å².